The van der Waals surface area contributed by atoms with Crippen LogP contribution in [0.4, 0.5) is 0 Å². The first-order valence-electron chi connectivity index (χ1n) is 5.80. The molecule has 3 nitrogen and oxygen atoms in total. The fourth-order valence-corrected chi connectivity index (χ4v) is 2.01. The number of nitrogens with one attached hydrogen (secondary N) is 1. The third kappa shape index (κ3) is 3.69. The minimum absolute atomic E-state index is 0.233. The number of benzene rings is 1. The highest BCUT2D eigenvalue weighted by molar-refractivity contribution is 6.43. The fourth-order valence-electron chi connectivity index (χ4n) is 1.62. The lowest BCUT2D eigenvalue weighted by Gasteiger charge is -2.07. The minimum atomic E-state index is -0.233. The van der Waals surface area contributed by atoms with Crippen molar-refractivity contribution in [1.29, 1.82) is 0 Å². The first kappa shape index (κ1) is 13.8. The molecule has 1 amide bonds. The SMILES string of the molecule is O=C(NCCc1ccccn1)c1cccc(Cl)c1Cl. The molecule has 1 N–H and O–H groups in total. The van der Waals surface area contributed by atoms with E-state index >= 15 is 0 Å². The molecule has 5 heteroatoms. The number of hydrogen-bond donors (Lipinski definition) is 1. The van der Waals surface area contributed by atoms with E-state index < -0.39 is 0 Å². The fraction of sp³-hybridized carbons (Fsp3) is 0.143. The molecule has 1 heterocycles. The molecule has 0 radical (unpaired) electrons. The molecule has 0 aliphatic heterocycles. The van der Waals surface area contributed by atoms with Gasteiger partial charge in [-0.1, -0.05) is 35.3 Å². The van der Waals surface area contributed by atoms with Gasteiger partial charge in [0.1, 0.15) is 0 Å². The van der Waals surface area contributed by atoms with Crippen molar-refractivity contribution in [2.45, 2.75) is 6.42 Å². The number of aromatic nitrogens is 1. The van der Waals surface area contributed by atoms with Crippen LogP contribution < -0.4 is 5.32 Å². The standard InChI is InChI=1S/C14H12Cl2N2O/c15-12-6-3-5-11(13(12)16)14(19)18-9-7-10-4-1-2-8-17-10/h1-6,8H,7,9H2,(H,18,19). The molecule has 98 valence electrons. The van der Waals surface area contributed by atoms with Crippen molar-refractivity contribution in [2.24, 2.45) is 0 Å². The molecule has 1 aromatic carbocycles. The van der Waals surface area contributed by atoms with Crippen LogP contribution in [0, 0.1) is 0 Å². The highest BCUT2D eigenvalue weighted by Crippen LogP contribution is 2.25. The van der Waals surface area contributed by atoms with E-state index in [1.165, 1.54) is 0 Å². The van der Waals surface area contributed by atoms with Crippen molar-refractivity contribution >= 4 is 29.1 Å². The Bertz CT molecular complexity index is 573. The lowest BCUT2D eigenvalue weighted by molar-refractivity contribution is 0.0954. The molecule has 19 heavy (non-hydrogen) atoms. The Labute approximate surface area is 121 Å². The van der Waals surface area contributed by atoms with Crippen molar-refractivity contribution < 1.29 is 4.79 Å². The van der Waals surface area contributed by atoms with Crippen LogP contribution in [0.15, 0.2) is 42.6 Å². The van der Waals surface area contributed by atoms with Gasteiger partial charge in [0.15, 0.2) is 0 Å². The van der Waals surface area contributed by atoms with E-state index in [0.29, 0.717) is 23.6 Å². The van der Waals surface area contributed by atoms with Gasteiger partial charge in [0.05, 0.1) is 15.6 Å². The summed E-state index contributed by atoms with van der Waals surface area (Å²) < 4.78 is 0. The van der Waals surface area contributed by atoms with E-state index in [1.54, 1.807) is 24.4 Å². The van der Waals surface area contributed by atoms with Crippen LogP contribution in [0.2, 0.25) is 10.0 Å². The first-order chi connectivity index (χ1) is 9.18. The number of carbonyl (C=O) groups is 1. The maximum absolute atomic E-state index is 11.9. The second-order valence-electron chi connectivity index (χ2n) is 3.93. The van der Waals surface area contributed by atoms with Crippen molar-refractivity contribution in [2.75, 3.05) is 6.54 Å². The molecule has 0 atom stereocenters. The lowest BCUT2D eigenvalue weighted by Crippen LogP contribution is -2.26. The molecule has 0 saturated heterocycles. The Morgan fingerprint density at radius 2 is 2.00 bits per heavy atom. The van der Waals surface area contributed by atoms with E-state index in [4.69, 9.17) is 23.2 Å². The van der Waals surface area contributed by atoms with Crippen LogP contribution in [-0.2, 0) is 6.42 Å². The van der Waals surface area contributed by atoms with Gasteiger partial charge in [-0.05, 0) is 24.3 Å². The average Bonchev–Trinajstić information content (AvgIpc) is 2.43. The van der Waals surface area contributed by atoms with E-state index in [1.807, 2.05) is 18.2 Å². The second kappa shape index (κ2) is 6.55. The Kier molecular flexibility index (Phi) is 4.77. The summed E-state index contributed by atoms with van der Waals surface area (Å²) in [7, 11) is 0. The normalized spacial score (nSPS) is 10.2. The zero-order chi connectivity index (χ0) is 13.7. The first-order valence-corrected chi connectivity index (χ1v) is 6.56. The Morgan fingerprint density at radius 1 is 1.16 bits per heavy atom. The van der Waals surface area contributed by atoms with Crippen LogP contribution >= 0.6 is 23.2 Å². The Hall–Kier alpha value is -1.58. The molecule has 2 aromatic rings. The second-order valence-corrected chi connectivity index (χ2v) is 4.71. The lowest BCUT2D eigenvalue weighted by atomic mass is 10.2. The number of halogens is 2. The molecule has 0 unspecified atom stereocenters. The summed E-state index contributed by atoms with van der Waals surface area (Å²) in [6, 6.07) is 10.7. The molecule has 2 rings (SSSR count). The van der Waals surface area contributed by atoms with Gasteiger partial charge < -0.3 is 5.32 Å². The van der Waals surface area contributed by atoms with E-state index in [9.17, 15) is 4.79 Å². The van der Waals surface area contributed by atoms with Crippen molar-refractivity contribution in [3.05, 3.63) is 63.9 Å². The summed E-state index contributed by atoms with van der Waals surface area (Å²) in [5.74, 6) is -0.233. The smallest absolute Gasteiger partial charge is 0.252 e. The van der Waals surface area contributed by atoms with Gasteiger partial charge in [0.25, 0.3) is 5.91 Å². The van der Waals surface area contributed by atoms with Gasteiger partial charge in [0.2, 0.25) is 0 Å². The average molecular weight is 295 g/mol. The Balaban J connectivity index is 1.93. The predicted molar refractivity (Wildman–Crippen MR) is 76.7 cm³/mol. The molecule has 0 spiro atoms. The van der Waals surface area contributed by atoms with Gasteiger partial charge in [-0.2, -0.15) is 0 Å². The zero-order valence-electron chi connectivity index (χ0n) is 10.1. The van der Waals surface area contributed by atoms with E-state index in [0.717, 1.165) is 5.69 Å². The maximum Gasteiger partial charge on any atom is 0.252 e. The molecule has 0 aliphatic rings. The number of amides is 1. The van der Waals surface area contributed by atoms with Crippen LogP contribution in [0.1, 0.15) is 16.1 Å². The summed E-state index contributed by atoms with van der Waals surface area (Å²) in [5, 5.41) is 3.44. The number of carbonyl (C=O) groups excluding carboxylic acids is 1. The molecule has 0 bridgehead atoms. The van der Waals surface area contributed by atoms with Gasteiger partial charge >= 0.3 is 0 Å². The molecule has 0 saturated carbocycles. The van der Waals surface area contributed by atoms with Crippen molar-refractivity contribution in [3.63, 3.8) is 0 Å². The monoisotopic (exact) mass is 294 g/mol. The number of nitrogens with zero attached hydrogens (tertiary/aromatic N) is 1. The number of rotatable bonds is 4. The molecule has 0 fully saturated rings. The summed E-state index contributed by atoms with van der Waals surface area (Å²) in [5.41, 5.74) is 1.31. The minimum Gasteiger partial charge on any atom is -0.352 e. The Morgan fingerprint density at radius 3 is 2.74 bits per heavy atom. The third-order valence-electron chi connectivity index (χ3n) is 2.59. The van der Waals surface area contributed by atoms with Gasteiger partial charge in [0, 0.05) is 24.9 Å². The quantitative estimate of drug-likeness (QED) is 0.939. The van der Waals surface area contributed by atoms with Crippen molar-refractivity contribution in [1.82, 2.24) is 10.3 Å². The summed E-state index contributed by atoms with van der Waals surface area (Å²) in [4.78, 5) is 16.1. The molecular weight excluding hydrogens is 283 g/mol. The van der Waals surface area contributed by atoms with Gasteiger partial charge in [-0.3, -0.25) is 9.78 Å². The summed E-state index contributed by atoms with van der Waals surface area (Å²) in [6.45, 7) is 0.499. The van der Waals surface area contributed by atoms with E-state index in [-0.39, 0.29) is 10.9 Å². The topological polar surface area (TPSA) is 42.0 Å². The van der Waals surface area contributed by atoms with Crippen LogP contribution in [-0.4, -0.2) is 17.4 Å². The van der Waals surface area contributed by atoms with Crippen LogP contribution in [0.5, 0.6) is 0 Å². The van der Waals surface area contributed by atoms with E-state index in [2.05, 4.69) is 10.3 Å². The van der Waals surface area contributed by atoms with Gasteiger partial charge in [-0.25, -0.2) is 0 Å². The van der Waals surface area contributed by atoms with Crippen molar-refractivity contribution in [3.8, 4) is 0 Å². The predicted octanol–water partition coefficient (Wildman–Crippen LogP) is 3.36. The zero-order valence-corrected chi connectivity index (χ0v) is 11.6. The van der Waals surface area contributed by atoms with Gasteiger partial charge in [-0.15, -0.1) is 0 Å². The summed E-state index contributed by atoms with van der Waals surface area (Å²) >= 11 is 11.8. The molecule has 0 aliphatic carbocycles. The maximum atomic E-state index is 11.9. The third-order valence-corrected chi connectivity index (χ3v) is 3.41. The number of pyridine rings is 1. The molecular formula is C14H12Cl2N2O. The molecule has 1 aromatic heterocycles. The van der Waals surface area contributed by atoms with Crippen LogP contribution in [0.3, 0.4) is 0 Å². The number of hydrogen-bond acceptors (Lipinski definition) is 2. The summed E-state index contributed by atoms with van der Waals surface area (Å²) in [6.07, 6.45) is 2.40. The largest absolute Gasteiger partial charge is 0.352 e. The highest BCUT2D eigenvalue weighted by atomic mass is 35.5. The van der Waals surface area contributed by atoms with Crippen LogP contribution in [0.25, 0.3) is 0 Å². The highest BCUT2D eigenvalue weighted by Gasteiger charge is 2.11.